The minimum Gasteiger partial charge on any atom is -0.497 e. The van der Waals surface area contributed by atoms with Crippen LogP contribution >= 0.6 is 0 Å². The molecule has 1 unspecified atom stereocenters. The Morgan fingerprint density at radius 1 is 0.882 bits per heavy atom. The summed E-state index contributed by atoms with van der Waals surface area (Å²) in [6.07, 6.45) is 0.635. The maximum absolute atomic E-state index is 15.1. The monoisotopic (exact) mass is 708 g/mol. The van der Waals surface area contributed by atoms with Crippen molar-refractivity contribution in [1.29, 1.82) is 10.5 Å². The lowest BCUT2D eigenvalue weighted by atomic mass is 9.85. The minimum absolute atomic E-state index is 0.0424. The van der Waals surface area contributed by atoms with Crippen LogP contribution in [0.25, 0.3) is 0 Å². The van der Waals surface area contributed by atoms with Gasteiger partial charge in [0.15, 0.2) is 0 Å². The number of piperazine rings is 1. The SMILES string of the molecule is CCOc1ccccc1C1(OC(=O)N2CCN(c3cc(C#N)ccn3)CC2)C(=O)N(S(=O)(=O)c2ccc(OC)cc2OC)c2ccc(C#N)cc21. The first-order valence-electron chi connectivity index (χ1n) is 15.8. The van der Waals surface area contributed by atoms with E-state index in [0.717, 1.165) is 0 Å². The molecule has 260 valence electrons. The van der Waals surface area contributed by atoms with Gasteiger partial charge in [-0.3, -0.25) is 4.79 Å². The van der Waals surface area contributed by atoms with Gasteiger partial charge in [-0.2, -0.15) is 14.8 Å². The number of methoxy groups -OCH3 is 2. The molecule has 4 aromatic rings. The molecule has 51 heavy (non-hydrogen) atoms. The molecule has 0 bridgehead atoms. The number of sulfonamides is 1. The Morgan fingerprint density at radius 3 is 2.29 bits per heavy atom. The predicted molar refractivity (Wildman–Crippen MR) is 183 cm³/mol. The summed E-state index contributed by atoms with van der Waals surface area (Å²) >= 11 is 0. The quantitative estimate of drug-likeness (QED) is 0.243. The van der Waals surface area contributed by atoms with Crippen LogP contribution in [0.4, 0.5) is 16.3 Å². The van der Waals surface area contributed by atoms with Gasteiger partial charge in [-0.15, -0.1) is 0 Å². The molecule has 1 aromatic heterocycles. The highest BCUT2D eigenvalue weighted by Crippen LogP contribution is 2.52. The van der Waals surface area contributed by atoms with Crippen LogP contribution in [0.5, 0.6) is 17.2 Å². The van der Waals surface area contributed by atoms with Gasteiger partial charge in [-0.1, -0.05) is 18.2 Å². The molecule has 0 aliphatic carbocycles. The molecular weight excluding hydrogens is 676 g/mol. The number of pyridine rings is 1. The number of hydrogen-bond donors (Lipinski definition) is 0. The number of aromatic nitrogens is 1. The number of nitriles is 2. The molecule has 6 rings (SSSR count). The molecule has 0 spiro atoms. The third kappa shape index (κ3) is 5.98. The normalized spacial score (nSPS) is 16.9. The number of carbonyl (C=O) groups is 2. The number of amides is 2. The topological polar surface area (TPSA) is 175 Å². The number of nitrogens with zero attached hydrogens (tertiary/aromatic N) is 6. The smallest absolute Gasteiger partial charge is 0.411 e. The highest BCUT2D eigenvalue weighted by molar-refractivity contribution is 7.93. The number of rotatable bonds is 9. The molecule has 0 saturated carbocycles. The van der Waals surface area contributed by atoms with Crippen molar-refractivity contribution in [3.05, 3.63) is 101 Å². The fraction of sp³-hybridized carbons (Fsp3) is 0.250. The highest BCUT2D eigenvalue weighted by Gasteiger charge is 2.61. The molecule has 0 N–H and O–H groups in total. The maximum atomic E-state index is 15.1. The lowest BCUT2D eigenvalue weighted by Gasteiger charge is -2.37. The number of carbonyl (C=O) groups excluding carboxylic acids is 2. The van der Waals surface area contributed by atoms with Gasteiger partial charge in [0.1, 0.15) is 28.0 Å². The van der Waals surface area contributed by atoms with Crippen LogP contribution in [0, 0.1) is 22.7 Å². The van der Waals surface area contributed by atoms with Crippen molar-refractivity contribution in [2.45, 2.75) is 17.4 Å². The van der Waals surface area contributed by atoms with Crippen molar-refractivity contribution in [3.8, 4) is 29.4 Å². The van der Waals surface area contributed by atoms with Gasteiger partial charge < -0.3 is 28.7 Å². The summed E-state index contributed by atoms with van der Waals surface area (Å²) in [6.45, 7) is 2.89. The van der Waals surface area contributed by atoms with Crippen LogP contribution in [0.3, 0.4) is 0 Å². The van der Waals surface area contributed by atoms with Gasteiger partial charge in [0.2, 0.25) is 5.60 Å². The Bertz CT molecular complexity index is 2210. The van der Waals surface area contributed by atoms with Crippen molar-refractivity contribution >= 4 is 33.5 Å². The Kier molecular flexibility index (Phi) is 9.41. The molecule has 2 aliphatic rings. The van der Waals surface area contributed by atoms with Crippen LogP contribution in [0.15, 0.2) is 83.9 Å². The van der Waals surface area contributed by atoms with Crippen LogP contribution in [0.1, 0.15) is 29.2 Å². The van der Waals surface area contributed by atoms with Crippen molar-refractivity contribution in [3.63, 3.8) is 0 Å². The Hall–Kier alpha value is -6.32. The number of hydrogen-bond acceptors (Lipinski definition) is 12. The Balaban J connectivity index is 1.47. The zero-order chi connectivity index (χ0) is 36.3. The molecule has 15 heteroatoms. The van der Waals surface area contributed by atoms with Crippen molar-refractivity contribution in [2.24, 2.45) is 0 Å². The lowest BCUT2D eigenvalue weighted by Crippen LogP contribution is -2.53. The van der Waals surface area contributed by atoms with Crippen LogP contribution in [0.2, 0.25) is 0 Å². The average molecular weight is 709 g/mol. The van der Waals surface area contributed by atoms with Gasteiger partial charge in [0.25, 0.3) is 15.9 Å². The minimum atomic E-state index is -4.76. The average Bonchev–Trinajstić information content (AvgIpc) is 3.42. The number of ether oxygens (including phenoxy) is 4. The number of anilines is 2. The second-order valence-corrected chi connectivity index (χ2v) is 13.2. The number of para-hydroxylation sites is 1. The first-order chi connectivity index (χ1) is 24.6. The molecule has 1 saturated heterocycles. The predicted octanol–water partition coefficient (Wildman–Crippen LogP) is 4.18. The lowest BCUT2D eigenvalue weighted by molar-refractivity contribution is -0.132. The van der Waals surface area contributed by atoms with E-state index in [4.69, 9.17) is 18.9 Å². The molecule has 0 radical (unpaired) electrons. The van der Waals surface area contributed by atoms with Crippen molar-refractivity contribution in [1.82, 2.24) is 9.88 Å². The van der Waals surface area contributed by atoms with Crippen LogP contribution in [-0.4, -0.2) is 77.3 Å². The van der Waals surface area contributed by atoms with Crippen molar-refractivity contribution in [2.75, 3.05) is 56.2 Å². The molecule has 2 amide bonds. The van der Waals surface area contributed by atoms with Crippen LogP contribution < -0.4 is 23.4 Å². The molecular formula is C36H32N6O8S. The number of benzene rings is 3. The second-order valence-electron chi connectivity index (χ2n) is 11.4. The third-order valence-corrected chi connectivity index (χ3v) is 10.4. The van der Waals surface area contributed by atoms with Gasteiger partial charge in [0.05, 0.1) is 55.3 Å². The van der Waals surface area contributed by atoms with Gasteiger partial charge in [-0.05, 0) is 55.5 Å². The van der Waals surface area contributed by atoms with E-state index >= 15 is 4.79 Å². The molecule has 14 nitrogen and oxygen atoms in total. The zero-order valence-electron chi connectivity index (χ0n) is 27.9. The molecule has 3 heterocycles. The zero-order valence-corrected chi connectivity index (χ0v) is 28.7. The molecule has 1 atom stereocenters. The summed E-state index contributed by atoms with van der Waals surface area (Å²) in [5.41, 5.74) is -1.96. The van der Waals surface area contributed by atoms with E-state index in [1.165, 1.54) is 67.8 Å². The van der Waals surface area contributed by atoms with E-state index in [-0.39, 0.29) is 58.5 Å². The Morgan fingerprint density at radius 2 is 1.61 bits per heavy atom. The van der Waals surface area contributed by atoms with E-state index < -0.39 is 27.6 Å². The van der Waals surface area contributed by atoms with Crippen LogP contribution in [-0.2, 0) is 25.2 Å². The summed E-state index contributed by atoms with van der Waals surface area (Å²) in [5, 5.41) is 19.2. The van der Waals surface area contributed by atoms with E-state index in [2.05, 4.69) is 11.1 Å². The summed E-state index contributed by atoms with van der Waals surface area (Å²) in [7, 11) is -2.06. The first kappa shape index (κ1) is 34.5. The highest BCUT2D eigenvalue weighted by atomic mass is 32.2. The first-order valence-corrected chi connectivity index (χ1v) is 17.2. The summed E-state index contributed by atoms with van der Waals surface area (Å²) in [5.74, 6) is -0.150. The van der Waals surface area contributed by atoms with E-state index in [0.29, 0.717) is 34.5 Å². The van der Waals surface area contributed by atoms with Gasteiger partial charge in [-0.25, -0.2) is 18.2 Å². The molecule has 3 aromatic carbocycles. The van der Waals surface area contributed by atoms with Gasteiger partial charge in [0, 0.05) is 44.0 Å². The maximum Gasteiger partial charge on any atom is 0.411 e. The Labute approximate surface area is 294 Å². The summed E-state index contributed by atoms with van der Waals surface area (Å²) in [4.78, 5) is 36.6. The molecule has 1 fully saturated rings. The van der Waals surface area contributed by atoms with E-state index in [1.54, 1.807) is 37.3 Å². The van der Waals surface area contributed by atoms with E-state index in [1.807, 2.05) is 11.0 Å². The largest absolute Gasteiger partial charge is 0.497 e. The fourth-order valence-electron chi connectivity index (χ4n) is 6.18. The third-order valence-electron chi connectivity index (χ3n) is 8.64. The van der Waals surface area contributed by atoms with Crippen molar-refractivity contribution < 1.29 is 37.0 Å². The van der Waals surface area contributed by atoms with E-state index in [9.17, 15) is 23.7 Å². The number of fused-ring (bicyclic) bond motifs is 1. The van der Waals surface area contributed by atoms with Gasteiger partial charge >= 0.3 is 6.09 Å². The summed E-state index contributed by atoms with van der Waals surface area (Å²) < 4.78 is 52.6. The summed E-state index contributed by atoms with van der Waals surface area (Å²) in [6, 6.07) is 21.9. The standard InChI is InChI=1S/C36H32N6O8S/c1-4-49-30-8-6-5-7-27(30)36(50-35(44)41-17-15-40(16-18-41)33-20-25(23-38)13-14-39-33)28-19-24(22-37)9-11-29(28)42(34(36)43)51(45,46)32-12-10-26(47-2)21-31(32)48-3/h5-14,19-21H,4,15-18H2,1-3H3. The second kappa shape index (κ2) is 13.9. The molecule has 2 aliphatic heterocycles. The fourth-order valence-corrected chi connectivity index (χ4v) is 7.78.